The van der Waals surface area contributed by atoms with Gasteiger partial charge in [-0.05, 0) is 24.5 Å². The summed E-state index contributed by atoms with van der Waals surface area (Å²) < 4.78 is 0. The molecule has 0 radical (unpaired) electrons. The van der Waals surface area contributed by atoms with Crippen LogP contribution in [0, 0.1) is 5.92 Å². The summed E-state index contributed by atoms with van der Waals surface area (Å²) in [5, 5.41) is 12.1. The van der Waals surface area contributed by atoms with Crippen LogP contribution in [0.3, 0.4) is 0 Å². The molecule has 112 valence electrons. The molecule has 1 aromatic rings. The average molecular weight is 279 g/mol. The predicted molar refractivity (Wildman–Crippen MR) is 79.0 cm³/mol. The maximum absolute atomic E-state index is 12.1. The molecule has 0 spiro atoms. The van der Waals surface area contributed by atoms with Crippen molar-refractivity contribution in [2.24, 2.45) is 5.92 Å². The first-order valence-electron chi connectivity index (χ1n) is 7.06. The highest BCUT2D eigenvalue weighted by Crippen LogP contribution is 2.07. The van der Waals surface area contributed by atoms with Crippen molar-refractivity contribution >= 4 is 5.91 Å². The average Bonchev–Trinajstić information content (AvgIpc) is 2.44. The van der Waals surface area contributed by atoms with Crippen molar-refractivity contribution in [2.75, 3.05) is 19.7 Å². The lowest BCUT2D eigenvalue weighted by atomic mass is 10.2. The standard InChI is InChI=1S/C15H25N3O2/c1-12(2)9-17-15(20)13(3)18(7-8-19)11-14-5-4-6-16-10-14/h4-6,10,12-13,19H,7-9,11H2,1-3H3,(H,17,20). The van der Waals surface area contributed by atoms with Crippen LogP contribution in [-0.2, 0) is 11.3 Å². The van der Waals surface area contributed by atoms with E-state index in [9.17, 15) is 9.90 Å². The third-order valence-corrected chi connectivity index (χ3v) is 3.11. The highest BCUT2D eigenvalue weighted by Gasteiger charge is 2.21. The van der Waals surface area contributed by atoms with Crippen molar-refractivity contribution in [1.82, 2.24) is 15.2 Å². The number of hydrogen-bond donors (Lipinski definition) is 2. The third-order valence-electron chi connectivity index (χ3n) is 3.11. The fraction of sp³-hybridized carbons (Fsp3) is 0.600. The van der Waals surface area contributed by atoms with Crippen LogP contribution in [0.5, 0.6) is 0 Å². The summed E-state index contributed by atoms with van der Waals surface area (Å²) >= 11 is 0. The maximum atomic E-state index is 12.1. The molecule has 0 aliphatic rings. The smallest absolute Gasteiger partial charge is 0.237 e. The van der Waals surface area contributed by atoms with Gasteiger partial charge in [-0.25, -0.2) is 0 Å². The Balaban J connectivity index is 2.62. The van der Waals surface area contributed by atoms with Crippen LogP contribution in [0.25, 0.3) is 0 Å². The van der Waals surface area contributed by atoms with Crippen molar-refractivity contribution in [3.63, 3.8) is 0 Å². The minimum atomic E-state index is -0.277. The van der Waals surface area contributed by atoms with E-state index < -0.39 is 0 Å². The van der Waals surface area contributed by atoms with E-state index in [1.165, 1.54) is 0 Å². The summed E-state index contributed by atoms with van der Waals surface area (Å²) in [5.41, 5.74) is 1.03. The lowest BCUT2D eigenvalue weighted by Crippen LogP contribution is -2.46. The van der Waals surface area contributed by atoms with Gasteiger partial charge in [-0.3, -0.25) is 14.7 Å². The van der Waals surface area contributed by atoms with Gasteiger partial charge in [-0.2, -0.15) is 0 Å². The molecule has 20 heavy (non-hydrogen) atoms. The Kier molecular flexibility index (Phi) is 7.18. The predicted octanol–water partition coefficient (Wildman–Crippen LogP) is 1.04. The molecule has 0 fully saturated rings. The van der Waals surface area contributed by atoms with Crippen molar-refractivity contribution in [2.45, 2.75) is 33.4 Å². The van der Waals surface area contributed by atoms with Gasteiger partial charge in [0.1, 0.15) is 0 Å². The zero-order valence-corrected chi connectivity index (χ0v) is 12.5. The molecular weight excluding hydrogens is 254 g/mol. The molecule has 2 N–H and O–H groups in total. The lowest BCUT2D eigenvalue weighted by Gasteiger charge is -2.27. The number of aliphatic hydroxyl groups excluding tert-OH is 1. The van der Waals surface area contributed by atoms with Gasteiger partial charge in [0.05, 0.1) is 12.6 Å². The first kappa shape index (κ1) is 16.6. The van der Waals surface area contributed by atoms with Crippen LogP contribution in [0.1, 0.15) is 26.3 Å². The van der Waals surface area contributed by atoms with Crippen LogP contribution in [0.4, 0.5) is 0 Å². The number of nitrogens with zero attached hydrogens (tertiary/aromatic N) is 2. The van der Waals surface area contributed by atoms with Gasteiger partial charge in [0.15, 0.2) is 0 Å². The van der Waals surface area contributed by atoms with Crippen LogP contribution in [0.15, 0.2) is 24.5 Å². The van der Waals surface area contributed by atoms with Gasteiger partial charge in [0, 0.05) is 32.0 Å². The van der Waals surface area contributed by atoms with E-state index in [0.717, 1.165) is 5.56 Å². The molecule has 0 saturated heterocycles. The SMILES string of the molecule is CC(C)CNC(=O)C(C)N(CCO)Cc1cccnc1. The summed E-state index contributed by atoms with van der Waals surface area (Å²) in [6.45, 7) is 7.75. The van der Waals surface area contributed by atoms with Crippen LogP contribution in [-0.4, -0.2) is 46.6 Å². The van der Waals surface area contributed by atoms with Gasteiger partial charge < -0.3 is 10.4 Å². The maximum Gasteiger partial charge on any atom is 0.237 e. The van der Waals surface area contributed by atoms with Crippen molar-refractivity contribution in [1.29, 1.82) is 0 Å². The third kappa shape index (κ3) is 5.67. The molecule has 0 saturated carbocycles. The van der Waals surface area contributed by atoms with Gasteiger partial charge in [0.2, 0.25) is 5.91 Å². The topological polar surface area (TPSA) is 65.5 Å². The Hall–Kier alpha value is -1.46. The number of carbonyl (C=O) groups excluding carboxylic acids is 1. The molecule has 1 aromatic heterocycles. The van der Waals surface area contributed by atoms with E-state index in [1.807, 2.05) is 24.0 Å². The second-order valence-electron chi connectivity index (χ2n) is 5.37. The first-order chi connectivity index (χ1) is 9.54. The molecular formula is C15H25N3O2. The number of aromatic nitrogens is 1. The Morgan fingerprint density at radius 2 is 2.20 bits per heavy atom. The van der Waals surface area contributed by atoms with Crippen LogP contribution >= 0.6 is 0 Å². The highest BCUT2D eigenvalue weighted by molar-refractivity contribution is 5.81. The molecule has 0 aromatic carbocycles. The van der Waals surface area contributed by atoms with Gasteiger partial charge in [0.25, 0.3) is 0 Å². The number of carbonyl (C=O) groups is 1. The van der Waals surface area contributed by atoms with Gasteiger partial charge in [-0.15, -0.1) is 0 Å². The molecule has 0 aliphatic heterocycles. The second kappa shape index (κ2) is 8.66. The molecule has 1 heterocycles. The number of amides is 1. The molecule has 5 nitrogen and oxygen atoms in total. The molecule has 1 atom stereocenters. The Labute approximate surface area is 121 Å². The zero-order chi connectivity index (χ0) is 15.0. The summed E-state index contributed by atoms with van der Waals surface area (Å²) in [7, 11) is 0. The highest BCUT2D eigenvalue weighted by atomic mass is 16.3. The fourth-order valence-corrected chi connectivity index (χ4v) is 1.88. The second-order valence-corrected chi connectivity index (χ2v) is 5.37. The molecule has 5 heteroatoms. The quantitative estimate of drug-likeness (QED) is 0.746. The van der Waals surface area contributed by atoms with Crippen LogP contribution < -0.4 is 5.32 Å². The largest absolute Gasteiger partial charge is 0.395 e. The van der Waals surface area contributed by atoms with Crippen molar-refractivity contribution in [3.8, 4) is 0 Å². The molecule has 1 amide bonds. The van der Waals surface area contributed by atoms with E-state index in [0.29, 0.717) is 25.6 Å². The zero-order valence-electron chi connectivity index (χ0n) is 12.5. The number of pyridine rings is 1. The van der Waals surface area contributed by atoms with E-state index in [4.69, 9.17) is 0 Å². The first-order valence-corrected chi connectivity index (χ1v) is 7.06. The van der Waals surface area contributed by atoms with Crippen molar-refractivity contribution in [3.05, 3.63) is 30.1 Å². The number of aliphatic hydroxyl groups is 1. The molecule has 0 bridgehead atoms. The Morgan fingerprint density at radius 3 is 2.75 bits per heavy atom. The van der Waals surface area contributed by atoms with E-state index in [-0.39, 0.29) is 18.6 Å². The summed E-state index contributed by atoms with van der Waals surface area (Å²) in [6, 6.07) is 3.56. The van der Waals surface area contributed by atoms with E-state index in [2.05, 4.69) is 24.1 Å². The normalized spacial score (nSPS) is 12.7. The number of nitrogens with one attached hydrogen (secondary N) is 1. The van der Waals surface area contributed by atoms with Gasteiger partial charge in [-0.1, -0.05) is 19.9 Å². The van der Waals surface area contributed by atoms with Gasteiger partial charge >= 0.3 is 0 Å². The monoisotopic (exact) mass is 279 g/mol. The van der Waals surface area contributed by atoms with E-state index >= 15 is 0 Å². The summed E-state index contributed by atoms with van der Waals surface area (Å²) in [6.07, 6.45) is 3.50. The Bertz CT molecular complexity index is 395. The number of rotatable bonds is 8. The number of hydrogen-bond acceptors (Lipinski definition) is 4. The Morgan fingerprint density at radius 1 is 1.45 bits per heavy atom. The summed E-state index contributed by atoms with van der Waals surface area (Å²) in [5.74, 6) is 0.423. The van der Waals surface area contributed by atoms with Crippen molar-refractivity contribution < 1.29 is 9.90 Å². The molecule has 0 aliphatic carbocycles. The fourth-order valence-electron chi connectivity index (χ4n) is 1.88. The van der Waals surface area contributed by atoms with Crippen LogP contribution in [0.2, 0.25) is 0 Å². The van der Waals surface area contributed by atoms with E-state index in [1.54, 1.807) is 12.4 Å². The minimum absolute atomic E-state index is 0.00367. The molecule has 1 unspecified atom stereocenters. The minimum Gasteiger partial charge on any atom is -0.395 e. The molecule has 1 rings (SSSR count). The lowest BCUT2D eigenvalue weighted by molar-refractivity contribution is -0.126. The summed E-state index contributed by atoms with van der Waals surface area (Å²) in [4.78, 5) is 18.1.